The van der Waals surface area contributed by atoms with Crippen LogP contribution in [0.15, 0.2) is 80.1 Å². The molecule has 0 saturated carbocycles. The lowest BCUT2D eigenvalue weighted by Gasteiger charge is -2.25. The van der Waals surface area contributed by atoms with E-state index in [1.54, 1.807) is 55.5 Å². The number of nitro benzene ring substituents is 1. The van der Waals surface area contributed by atoms with E-state index in [4.69, 9.17) is 25.5 Å². The maximum absolute atomic E-state index is 13.8. The first-order valence-corrected chi connectivity index (χ1v) is 12.7. The number of carbonyl (C=O) groups is 1. The van der Waals surface area contributed by atoms with E-state index in [2.05, 4.69) is 4.99 Å². The first-order valence-electron chi connectivity index (χ1n) is 11.5. The van der Waals surface area contributed by atoms with E-state index in [1.165, 1.54) is 30.9 Å². The zero-order valence-corrected chi connectivity index (χ0v) is 22.4. The molecule has 3 heterocycles. The molecule has 5 rings (SSSR count). The standard InChI is InChI=1S/C27H20ClN3O7S/c1-14-23(26(33)37-3)24(19-12-16(28)7-9-21(19)36-2)30-25(32)22(39-27(30)29-14)13-18-8-10-20(38-18)15-5-4-6-17(11-15)31(34)35/h4-13,24H,1-3H3/b22-13-/t24-/m1/s1. The van der Waals surface area contributed by atoms with Crippen LogP contribution in [-0.2, 0) is 9.53 Å². The number of aromatic nitrogens is 1. The summed E-state index contributed by atoms with van der Waals surface area (Å²) in [6, 6.07) is 13.4. The molecule has 1 aliphatic heterocycles. The minimum Gasteiger partial charge on any atom is -0.496 e. The highest BCUT2D eigenvalue weighted by atomic mass is 35.5. The SMILES string of the molecule is COC(=O)C1=C(C)N=c2s/c(=C\c3ccc(-c4cccc([N+](=O)[O-])c4)o3)c(=O)n2[C@@H]1c1cc(Cl)ccc1OC. The molecular weight excluding hydrogens is 546 g/mol. The summed E-state index contributed by atoms with van der Waals surface area (Å²) < 4.78 is 18.2. The van der Waals surface area contributed by atoms with Gasteiger partial charge in [0.2, 0.25) is 0 Å². The fraction of sp³-hybridized carbons (Fsp3) is 0.148. The largest absolute Gasteiger partial charge is 0.496 e. The Kier molecular flexibility index (Phi) is 6.94. The number of rotatable bonds is 6. The number of carbonyl (C=O) groups excluding carboxylic acids is 1. The average Bonchev–Trinajstić information content (AvgIpc) is 3.52. The van der Waals surface area contributed by atoms with Crippen molar-refractivity contribution in [2.24, 2.45) is 4.99 Å². The van der Waals surface area contributed by atoms with Gasteiger partial charge in [0.25, 0.3) is 11.2 Å². The first kappa shape index (κ1) is 26.1. The molecule has 2 aromatic carbocycles. The summed E-state index contributed by atoms with van der Waals surface area (Å²) in [5, 5.41) is 11.5. The van der Waals surface area contributed by atoms with Crippen LogP contribution in [0.4, 0.5) is 5.69 Å². The lowest BCUT2D eigenvalue weighted by molar-refractivity contribution is -0.384. The zero-order chi connectivity index (χ0) is 27.8. The zero-order valence-electron chi connectivity index (χ0n) is 20.8. The van der Waals surface area contributed by atoms with E-state index < -0.39 is 22.5 Å². The molecule has 39 heavy (non-hydrogen) atoms. The van der Waals surface area contributed by atoms with Crippen molar-refractivity contribution in [3.63, 3.8) is 0 Å². The van der Waals surface area contributed by atoms with Gasteiger partial charge >= 0.3 is 5.97 Å². The Morgan fingerprint density at radius 1 is 1.21 bits per heavy atom. The number of hydrogen-bond donors (Lipinski definition) is 0. The van der Waals surface area contributed by atoms with Crippen molar-refractivity contribution in [2.75, 3.05) is 14.2 Å². The van der Waals surface area contributed by atoms with Crippen LogP contribution in [0.1, 0.15) is 24.3 Å². The molecule has 0 amide bonds. The van der Waals surface area contributed by atoms with Crippen molar-refractivity contribution in [3.05, 3.63) is 112 Å². The van der Waals surface area contributed by atoms with Gasteiger partial charge in [-0.05, 0) is 37.3 Å². The second-order valence-electron chi connectivity index (χ2n) is 8.47. The van der Waals surface area contributed by atoms with Gasteiger partial charge in [-0.3, -0.25) is 19.5 Å². The Morgan fingerprint density at radius 2 is 2.00 bits per heavy atom. The van der Waals surface area contributed by atoms with Crippen molar-refractivity contribution in [3.8, 4) is 17.1 Å². The Balaban J connectivity index is 1.66. The monoisotopic (exact) mass is 565 g/mol. The number of halogens is 1. The van der Waals surface area contributed by atoms with E-state index >= 15 is 0 Å². The summed E-state index contributed by atoms with van der Waals surface area (Å²) in [5.41, 5.74) is 1.13. The molecule has 0 fully saturated rings. The second kappa shape index (κ2) is 10.4. The predicted molar refractivity (Wildman–Crippen MR) is 145 cm³/mol. The molecule has 0 saturated heterocycles. The molecule has 0 N–H and O–H groups in total. The number of allylic oxidation sites excluding steroid dienone is 1. The van der Waals surface area contributed by atoms with Crippen LogP contribution in [-0.4, -0.2) is 29.7 Å². The number of esters is 1. The highest BCUT2D eigenvalue weighted by Gasteiger charge is 2.35. The number of methoxy groups -OCH3 is 2. The van der Waals surface area contributed by atoms with E-state index in [0.29, 0.717) is 48.5 Å². The van der Waals surface area contributed by atoms with Gasteiger partial charge in [0.15, 0.2) is 4.80 Å². The Labute approximate surface area is 229 Å². The highest BCUT2D eigenvalue weighted by molar-refractivity contribution is 7.07. The first-order chi connectivity index (χ1) is 18.7. The summed E-state index contributed by atoms with van der Waals surface area (Å²) in [6.07, 6.45) is 1.56. The summed E-state index contributed by atoms with van der Waals surface area (Å²) in [4.78, 5) is 42.2. The molecule has 0 radical (unpaired) electrons. The van der Waals surface area contributed by atoms with E-state index in [1.807, 2.05) is 0 Å². The molecule has 1 atom stereocenters. The minimum absolute atomic E-state index is 0.0630. The maximum Gasteiger partial charge on any atom is 0.338 e. The normalized spacial score (nSPS) is 15.1. The van der Waals surface area contributed by atoms with Crippen LogP contribution < -0.4 is 19.6 Å². The number of furan rings is 1. The lowest BCUT2D eigenvalue weighted by Crippen LogP contribution is -2.40. The van der Waals surface area contributed by atoms with E-state index in [0.717, 1.165) is 11.3 Å². The number of ether oxygens (including phenoxy) is 2. The van der Waals surface area contributed by atoms with Gasteiger partial charge in [-0.25, -0.2) is 9.79 Å². The van der Waals surface area contributed by atoms with E-state index in [-0.39, 0.29) is 11.3 Å². The number of thiazole rings is 1. The number of nitro groups is 1. The molecule has 0 unspecified atom stereocenters. The lowest BCUT2D eigenvalue weighted by atomic mass is 9.95. The van der Waals surface area contributed by atoms with Crippen LogP contribution in [0.5, 0.6) is 5.75 Å². The maximum atomic E-state index is 13.8. The van der Waals surface area contributed by atoms with Crippen molar-refractivity contribution in [1.29, 1.82) is 0 Å². The van der Waals surface area contributed by atoms with Crippen molar-refractivity contribution < 1.29 is 23.6 Å². The van der Waals surface area contributed by atoms with Gasteiger partial charge in [0, 0.05) is 34.4 Å². The quantitative estimate of drug-likeness (QED) is 0.194. The molecule has 4 aromatic rings. The fourth-order valence-corrected chi connectivity index (χ4v) is 5.60. The van der Waals surface area contributed by atoms with Gasteiger partial charge < -0.3 is 13.9 Å². The number of benzene rings is 2. The van der Waals surface area contributed by atoms with Crippen LogP contribution in [0.3, 0.4) is 0 Å². The molecule has 198 valence electrons. The molecule has 2 aromatic heterocycles. The van der Waals surface area contributed by atoms with Gasteiger partial charge in [0.1, 0.15) is 23.3 Å². The highest BCUT2D eigenvalue weighted by Crippen LogP contribution is 2.37. The number of fused-ring (bicyclic) bond motifs is 1. The van der Waals surface area contributed by atoms with E-state index in [9.17, 15) is 19.7 Å². The van der Waals surface area contributed by atoms with Crippen molar-refractivity contribution in [1.82, 2.24) is 4.57 Å². The predicted octanol–water partition coefficient (Wildman–Crippen LogP) is 4.24. The van der Waals surface area contributed by atoms with Gasteiger partial charge in [-0.15, -0.1) is 0 Å². The van der Waals surface area contributed by atoms with Crippen LogP contribution in [0.25, 0.3) is 17.4 Å². The summed E-state index contributed by atoms with van der Waals surface area (Å²) in [5.74, 6) is 0.568. The van der Waals surface area contributed by atoms with Crippen molar-refractivity contribution >= 4 is 40.7 Å². The Bertz CT molecular complexity index is 1850. The minimum atomic E-state index is -0.901. The molecule has 0 aliphatic carbocycles. The summed E-state index contributed by atoms with van der Waals surface area (Å²) >= 11 is 7.43. The Hall–Kier alpha value is -4.48. The number of hydrogen-bond acceptors (Lipinski definition) is 9. The third kappa shape index (κ3) is 4.77. The van der Waals surface area contributed by atoms with Gasteiger partial charge in [-0.2, -0.15) is 0 Å². The molecule has 1 aliphatic rings. The smallest absolute Gasteiger partial charge is 0.338 e. The van der Waals surface area contributed by atoms with Crippen molar-refractivity contribution in [2.45, 2.75) is 13.0 Å². The topological polar surface area (TPSA) is 126 Å². The van der Waals surface area contributed by atoms with Crippen LogP contribution in [0, 0.1) is 10.1 Å². The van der Waals surface area contributed by atoms with Gasteiger partial charge in [0.05, 0.1) is 34.9 Å². The van der Waals surface area contributed by atoms with Crippen LogP contribution >= 0.6 is 22.9 Å². The average molecular weight is 566 g/mol. The third-order valence-electron chi connectivity index (χ3n) is 6.15. The summed E-state index contributed by atoms with van der Waals surface area (Å²) in [7, 11) is 2.75. The number of non-ortho nitro benzene ring substituents is 1. The van der Waals surface area contributed by atoms with Crippen LogP contribution in [0.2, 0.25) is 5.02 Å². The summed E-state index contributed by atoms with van der Waals surface area (Å²) in [6.45, 7) is 1.67. The third-order valence-corrected chi connectivity index (χ3v) is 7.37. The molecule has 12 heteroatoms. The molecule has 0 spiro atoms. The molecule has 10 nitrogen and oxygen atoms in total. The Morgan fingerprint density at radius 3 is 2.72 bits per heavy atom. The molecule has 0 bridgehead atoms. The number of nitrogens with zero attached hydrogens (tertiary/aromatic N) is 3. The fourth-order valence-electron chi connectivity index (χ4n) is 4.39. The second-order valence-corrected chi connectivity index (χ2v) is 9.91. The molecular formula is C27H20ClN3O7S. The van der Waals surface area contributed by atoms with Gasteiger partial charge in [-0.1, -0.05) is 35.1 Å².